The van der Waals surface area contributed by atoms with Gasteiger partial charge in [0, 0.05) is 5.56 Å². The van der Waals surface area contributed by atoms with Gasteiger partial charge in [-0.3, -0.25) is 0 Å². The molecule has 2 aliphatic carbocycles. The second kappa shape index (κ2) is 9.75. The number of benzene rings is 1. The van der Waals surface area contributed by atoms with Gasteiger partial charge < -0.3 is 5.73 Å². The number of H-pyrrole nitrogens is 1. The average molecular weight is 447 g/mol. The lowest BCUT2D eigenvalue weighted by Gasteiger charge is -2.30. The molecule has 0 unspecified atom stereocenters. The monoisotopic (exact) mass is 446 g/mol. The van der Waals surface area contributed by atoms with Crippen molar-refractivity contribution in [3.63, 3.8) is 0 Å². The molecule has 0 bridgehead atoms. The van der Waals surface area contributed by atoms with E-state index in [0.717, 1.165) is 43.2 Å². The Morgan fingerprint density at radius 3 is 2.35 bits per heavy atom. The molecule has 8 nitrogen and oxygen atoms in total. The van der Waals surface area contributed by atoms with Crippen LogP contribution in [0.1, 0.15) is 81.3 Å². The molecule has 2 saturated carbocycles. The van der Waals surface area contributed by atoms with Gasteiger partial charge in [-0.05, 0) is 84.4 Å². The van der Waals surface area contributed by atoms with Gasteiger partial charge in [0.05, 0.1) is 4.90 Å². The van der Waals surface area contributed by atoms with Gasteiger partial charge in [-0.2, -0.15) is 0 Å². The molecule has 0 amide bonds. The molecule has 1 aromatic heterocycles. The van der Waals surface area contributed by atoms with Gasteiger partial charge in [0.2, 0.25) is 10.0 Å². The van der Waals surface area contributed by atoms with Crippen molar-refractivity contribution >= 4 is 10.0 Å². The molecular formula is C22H34N6O2S. The Kier molecular flexibility index (Phi) is 7.03. The number of aromatic amines is 1. The summed E-state index contributed by atoms with van der Waals surface area (Å²) in [7, 11) is -3.96. The van der Waals surface area contributed by atoms with Gasteiger partial charge in [-0.1, -0.05) is 44.2 Å². The second-order valence-corrected chi connectivity index (χ2v) is 10.8. The van der Waals surface area contributed by atoms with Crippen LogP contribution in [0.3, 0.4) is 0 Å². The Balaban J connectivity index is 1.73. The Morgan fingerprint density at radius 1 is 1.00 bits per heavy atom. The van der Waals surface area contributed by atoms with Crippen LogP contribution in [0.25, 0.3) is 11.4 Å². The molecule has 31 heavy (non-hydrogen) atoms. The van der Waals surface area contributed by atoms with Crippen molar-refractivity contribution in [3.05, 3.63) is 23.3 Å². The van der Waals surface area contributed by atoms with Crippen molar-refractivity contribution in [1.29, 1.82) is 0 Å². The number of hydrogen-bond donors (Lipinski definition) is 3. The molecule has 0 spiro atoms. The standard InChI is InChI=1S/C22H34N6O2S/c23-14-16-7-9-17(10-8-16)19-13-12-18(11-6-15-4-2-1-3-5-15)21(31(24,29)30)20(19)22-25-27-28-26-22/h12-13,15-17H,1-11,14,23H2,(H2,24,29,30)(H,25,26,27,28)/t16-,17+. The van der Waals surface area contributed by atoms with Crippen molar-refractivity contribution < 1.29 is 8.42 Å². The maximum atomic E-state index is 12.8. The molecule has 0 atom stereocenters. The SMILES string of the molecule is NC[C@H]1CC[C@@H](c2ccc(CCC3CCCCC3)c(S(N)(=O)=O)c2-c2nnn[nH]2)CC1. The second-order valence-electron chi connectivity index (χ2n) is 9.31. The van der Waals surface area contributed by atoms with E-state index in [9.17, 15) is 8.42 Å². The number of hydrogen-bond acceptors (Lipinski definition) is 6. The van der Waals surface area contributed by atoms with E-state index < -0.39 is 10.0 Å². The Hall–Kier alpha value is -1.84. The van der Waals surface area contributed by atoms with Crippen molar-refractivity contribution in [3.8, 4) is 11.4 Å². The predicted molar refractivity (Wildman–Crippen MR) is 120 cm³/mol. The Bertz CT molecular complexity index is 962. The summed E-state index contributed by atoms with van der Waals surface area (Å²) in [6.45, 7) is 0.703. The summed E-state index contributed by atoms with van der Waals surface area (Å²) in [5, 5.41) is 20.1. The van der Waals surface area contributed by atoms with Crippen molar-refractivity contribution in [2.24, 2.45) is 22.7 Å². The molecule has 170 valence electrons. The molecule has 1 aromatic carbocycles. The van der Waals surface area contributed by atoms with Crippen LogP contribution in [-0.2, 0) is 16.4 Å². The molecule has 2 aliphatic rings. The minimum absolute atomic E-state index is 0.195. The lowest BCUT2D eigenvalue weighted by molar-refractivity contribution is 0.332. The number of aromatic nitrogens is 4. The number of rotatable bonds is 7. The van der Waals surface area contributed by atoms with Crippen LogP contribution in [0.5, 0.6) is 0 Å². The summed E-state index contributed by atoms with van der Waals surface area (Å²) in [5.74, 6) is 1.82. The summed E-state index contributed by atoms with van der Waals surface area (Å²) < 4.78 is 25.7. The maximum Gasteiger partial charge on any atom is 0.239 e. The van der Waals surface area contributed by atoms with E-state index >= 15 is 0 Å². The Morgan fingerprint density at radius 2 is 1.74 bits per heavy atom. The molecule has 4 rings (SSSR count). The first-order valence-corrected chi connectivity index (χ1v) is 13.1. The van der Waals surface area contributed by atoms with Gasteiger partial charge in [0.25, 0.3) is 0 Å². The van der Waals surface area contributed by atoms with Crippen molar-refractivity contribution in [1.82, 2.24) is 20.6 Å². The first-order chi connectivity index (χ1) is 15.0. The highest BCUT2D eigenvalue weighted by Gasteiger charge is 2.30. The van der Waals surface area contributed by atoms with Crippen LogP contribution in [0.2, 0.25) is 0 Å². The highest BCUT2D eigenvalue weighted by Crippen LogP contribution is 2.42. The minimum atomic E-state index is -3.96. The van der Waals surface area contributed by atoms with E-state index in [2.05, 4.69) is 26.7 Å². The van der Waals surface area contributed by atoms with Crippen LogP contribution < -0.4 is 10.9 Å². The van der Waals surface area contributed by atoms with Crippen LogP contribution in [0.15, 0.2) is 17.0 Å². The third-order valence-corrected chi connectivity index (χ3v) is 8.34. The van der Waals surface area contributed by atoms with E-state index in [1.165, 1.54) is 32.1 Å². The molecule has 5 N–H and O–H groups in total. The first kappa shape index (κ1) is 22.4. The fraction of sp³-hybridized carbons (Fsp3) is 0.682. The lowest BCUT2D eigenvalue weighted by atomic mass is 9.77. The zero-order valence-electron chi connectivity index (χ0n) is 18.1. The predicted octanol–water partition coefficient (Wildman–Crippen LogP) is 3.26. The van der Waals surface area contributed by atoms with E-state index in [-0.39, 0.29) is 10.8 Å². The summed E-state index contributed by atoms with van der Waals surface area (Å²) >= 11 is 0. The smallest absolute Gasteiger partial charge is 0.239 e. The number of nitrogens with one attached hydrogen (secondary N) is 1. The van der Waals surface area contributed by atoms with Gasteiger partial charge in [-0.15, -0.1) is 5.10 Å². The fourth-order valence-corrected chi connectivity index (χ4v) is 6.59. The number of nitrogens with zero attached hydrogens (tertiary/aromatic N) is 3. The molecule has 0 radical (unpaired) electrons. The van der Waals surface area contributed by atoms with E-state index in [1.807, 2.05) is 6.07 Å². The van der Waals surface area contributed by atoms with Crippen LogP contribution in [0.4, 0.5) is 0 Å². The van der Waals surface area contributed by atoms with Crippen molar-refractivity contribution in [2.45, 2.75) is 81.4 Å². The molecule has 0 aliphatic heterocycles. The molecule has 9 heteroatoms. The maximum absolute atomic E-state index is 12.8. The van der Waals surface area contributed by atoms with E-state index in [0.29, 0.717) is 36.2 Å². The third kappa shape index (κ3) is 5.15. The van der Waals surface area contributed by atoms with E-state index in [4.69, 9.17) is 10.9 Å². The lowest BCUT2D eigenvalue weighted by Crippen LogP contribution is -2.22. The topological polar surface area (TPSA) is 141 Å². The number of nitrogens with two attached hydrogens (primary N) is 2. The van der Waals surface area contributed by atoms with Crippen LogP contribution in [0, 0.1) is 11.8 Å². The molecular weight excluding hydrogens is 412 g/mol. The summed E-state index contributed by atoms with van der Waals surface area (Å²) in [5.41, 5.74) is 8.17. The van der Waals surface area contributed by atoms with Gasteiger partial charge >= 0.3 is 0 Å². The summed E-state index contributed by atoms with van der Waals surface area (Å²) in [4.78, 5) is 0.195. The van der Waals surface area contributed by atoms with Gasteiger partial charge in [0.1, 0.15) is 0 Å². The largest absolute Gasteiger partial charge is 0.330 e. The normalized spacial score (nSPS) is 23.2. The van der Waals surface area contributed by atoms with Gasteiger partial charge in [0.15, 0.2) is 5.82 Å². The molecule has 1 heterocycles. The summed E-state index contributed by atoms with van der Waals surface area (Å²) in [6.07, 6.45) is 12.0. The number of primary sulfonamides is 1. The van der Waals surface area contributed by atoms with Crippen LogP contribution >= 0.6 is 0 Å². The van der Waals surface area contributed by atoms with Crippen LogP contribution in [-0.4, -0.2) is 35.6 Å². The highest BCUT2D eigenvalue weighted by atomic mass is 32.2. The zero-order valence-corrected chi connectivity index (χ0v) is 18.9. The quantitative estimate of drug-likeness (QED) is 0.596. The van der Waals surface area contributed by atoms with Crippen molar-refractivity contribution in [2.75, 3.05) is 6.54 Å². The molecule has 0 saturated heterocycles. The number of aryl methyl sites for hydroxylation is 1. The van der Waals surface area contributed by atoms with Gasteiger partial charge in [-0.25, -0.2) is 18.7 Å². The molecule has 2 aromatic rings. The fourth-order valence-electron chi connectivity index (χ4n) is 5.56. The Labute approximate surface area is 184 Å². The third-order valence-electron chi connectivity index (χ3n) is 7.30. The summed E-state index contributed by atoms with van der Waals surface area (Å²) in [6, 6.07) is 4.05. The number of sulfonamides is 1. The average Bonchev–Trinajstić information content (AvgIpc) is 3.32. The molecule has 2 fully saturated rings. The highest BCUT2D eigenvalue weighted by molar-refractivity contribution is 7.89. The number of tetrazole rings is 1. The first-order valence-electron chi connectivity index (χ1n) is 11.6. The van der Waals surface area contributed by atoms with E-state index in [1.54, 1.807) is 0 Å². The minimum Gasteiger partial charge on any atom is -0.330 e. The zero-order chi connectivity index (χ0) is 21.8.